The predicted octanol–water partition coefficient (Wildman–Crippen LogP) is 5.29. The highest BCUT2D eigenvalue weighted by Crippen LogP contribution is 2.39. The molecule has 2 aromatic carbocycles. The molecular weight excluding hydrogens is 366 g/mol. The van der Waals surface area contributed by atoms with E-state index in [2.05, 4.69) is 22.3 Å². The third-order valence-electron chi connectivity index (χ3n) is 5.30. The summed E-state index contributed by atoms with van der Waals surface area (Å²) < 4.78 is 0. The first-order valence-corrected chi connectivity index (χ1v) is 10.5. The highest BCUT2D eigenvalue weighted by Gasteiger charge is 2.25. The second-order valence-corrected chi connectivity index (χ2v) is 8.19. The molecule has 140 valence electrons. The van der Waals surface area contributed by atoms with E-state index >= 15 is 0 Å². The second kappa shape index (κ2) is 7.24. The van der Waals surface area contributed by atoms with Crippen LogP contribution >= 0.6 is 11.3 Å². The van der Waals surface area contributed by atoms with Crippen molar-refractivity contribution < 1.29 is 4.79 Å². The fourth-order valence-corrected chi connectivity index (χ4v) is 4.94. The Morgan fingerprint density at radius 1 is 0.964 bits per heavy atom. The Bertz CT molecular complexity index is 1050. The van der Waals surface area contributed by atoms with Gasteiger partial charge in [-0.1, -0.05) is 59.9 Å². The number of anilines is 2. The quantitative estimate of drug-likeness (QED) is 0.621. The number of amides is 1. The summed E-state index contributed by atoms with van der Waals surface area (Å²) in [6.45, 7) is 2.11. The van der Waals surface area contributed by atoms with Crippen molar-refractivity contribution in [2.75, 3.05) is 23.3 Å². The lowest BCUT2D eigenvalue weighted by Gasteiger charge is -2.25. The summed E-state index contributed by atoms with van der Waals surface area (Å²) in [5.74, 6) is -0.0480. The summed E-state index contributed by atoms with van der Waals surface area (Å²) in [7, 11) is 0. The van der Waals surface area contributed by atoms with Crippen molar-refractivity contribution in [1.82, 2.24) is 4.98 Å². The molecule has 0 aliphatic carbocycles. The Kier molecular flexibility index (Phi) is 4.45. The molecule has 0 saturated carbocycles. The topological polar surface area (TPSA) is 45.2 Å². The summed E-state index contributed by atoms with van der Waals surface area (Å²) in [5.41, 5.74) is 4.58. The van der Waals surface area contributed by atoms with Crippen LogP contribution in [-0.2, 0) is 4.79 Å². The largest absolute Gasteiger partial charge is 0.348 e. The summed E-state index contributed by atoms with van der Waals surface area (Å²) in [4.78, 5) is 21.0. The number of carbonyl (C=O) groups is 1. The van der Waals surface area contributed by atoms with E-state index in [-0.39, 0.29) is 5.91 Å². The minimum atomic E-state index is -0.0480. The SMILES string of the molecule is O=C1Nc2ccccc2/C1=C/c1sc(N2CCCCC2)nc1-c1ccccc1. The van der Waals surface area contributed by atoms with Gasteiger partial charge in [-0.15, -0.1) is 0 Å². The summed E-state index contributed by atoms with van der Waals surface area (Å²) in [6, 6.07) is 18.1. The van der Waals surface area contributed by atoms with Crippen LogP contribution in [0.3, 0.4) is 0 Å². The maximum atomic E-state index is 12.6. The van der Waals surface area contributed by atoms with Crippen LogP contribution in [0.15, 0.2) is 54.6 Å². The molecule has 1 saturated heterocycles. The van der Waals surface area contributed by atoms with Crippen LogP contribution in [0.25, 0.3) is 22.9 Å². The molecule has 5 heteroatoms. The first-order chi connectivity index (χ1) is 13.8. The molecule has 0 bridgehead atoms. The van der Waals surface area contributed by atoms with Gasteiger partial charge in [-0.05, 0) is 31.4 Å². The van der Waals surface area contributed by atoms with Crippen molar-refractivity contribution in [2.45, 2.75) is 19.3 Å². The zero-order valence-corrected chi connectivity index (χ0v) is 16.3. The van der Waals surface area contributed by atoms with E-state index in [4.69, 9.17) is 4.98 Å². The number of nitrogens with one attached hydrogen (secondary N) is 1. The van der Waals surface area contributed by atoms with Crippen molar-refractivity contribution in [1.29, 1.82) is 0 Å². The molecule has 0 atom stereocenters. The van der Waals surface area contributed by atoms with Gasteiger partial charge in [0.25, 0.3) is 5.91 Å². The van der Waals surface area contributed by atoms with Gasteiger partial charge in [-0.25, -0.2) is 4.98 Å². The first-order valence-electron chi connectivity index (χ1n) is 9.73. The van der Waals surface area contributed by atoms with Crippen LogP contribution < -0.4 is 10.2 Å². The van der Waals surface area contributed by atoms with Gasteiger partial charge in [0.05, 0.1) is 16.1 Å². The Labute approximate surface area is 168 Å². The third kappa shape index (κ3) is 3.12. The number of aromatic nitrogens is 1. The van der Waals surface area contributed by atoms with Crippen LogP contribution in [0.1, 0.15) is 29.7 Å². The monoisotopic (exact) mass is 387 g/mol. The molecule has 1 aromatic heterocycles. The van der Waals surface area contributed by atoms with Crippen molar-refractivity contribution in [2.24, 2.45) is 0 Å². The van der Waals surface area contributed by atoms with Gasteiger partial charge in [0.15, 0.2) is 5.13 Å². The van der Waals surface area contributed by atoms with Gasteiger partial charge >= 0.3 is 0 Å². The molecule has 3 heterocycles. The number of benzene rings is 2. The number of para-hydroxylation sites is 1. The molecule has 0 unspecified atom stereocenters. The number of carbonyl (C=O) groups excluding carboxylic acids is 1. The minimum absolute atomic E-state index is 0.0480. The summed E-state index contributed by atoms with van der Waals surface area (Å²) in [6.07, 6.45) is 5.73. The average molecular weight is 388 g/mol. The van der Waals surface area contributed by atoms with Gasteiger partial charge in [-0.2, -0.15) is 0 Å². The van der Waals surface area contributed by atoms with Crippen LogP contribution in [0.2, 0.25) is 0 Å². The fraction of sp³-hybridized carbons (Fsp3) is 0.217. The number of nitrogens with zero attached hydrogens (tertiary/aromatic N) is 2. The number of thiazole rings is 1. The molecule has 3 aromatic rings. The third-order valence-corrected chi connectivity index (χ3v) is 6.36. The Morgan fingerprint density at radius 2 is 1.71 bits per heavy atom. The maximum Gasteiger partial charge on any atom is 0.256 e. The second-order valence-electron chi connectivity index (χ2n) is 7.18. The normalized spacial score (nSPS) is 17.6. The van der Waals surface area contributed by atoms with Gasteiger partial charge < -0.3 is 10.2 Å². The van der Waals surface area contributed by atoms with Crippen LogP contribution in [-0.4, -0.2) is 24.0 Å². The van der Waals surface area contributed by atoms with E-state index < -0.39 is 0 Å². The van der Waals surface area contributed by atoms with Gasteiger partial charge in [0, 0.05) is 29.9 Å². The Balaban J connectivity index is 1.62. The van der Waals surface area contributed by atoms with Crippen molar-refractivity contribution in [3.63, 3.8) is 0 Å². The number of fused-ring (bicyclic) bond motifs is 1. The predicted molar refractivity (Wildman–Crippen MR) is 117 cm³/mol. The van der Waals surface area contributed by atoms with Crippen LogP contribution in [0, 0.1) is 0 Å². The van der Waals surface area contributed by atoms with Crippen LogP contribution in [0.5, 0.6) is 0 Å². The van der Waals surface area contributed by atoms with E-state index in [1.165, 1.54) is 19.3 Å². The van der Waals surface area contributed by atoms with Gasteiger partial charge in [0.2, 0.25) is 0 Å². The van der Waals surface area contributed by atoms with E-state index in [0.29, 0.717) is 5.57 Å². The van der Waals surface area contributed by atoms with E-state index in [1.54, 1.807) is 11.3 Å². The average Bonchev–Trinajstić information content (AvgIpc) is 3.31. The number of hydrogen-bond donors (Lipinski definition) is 1. The zero-order valence-electron chi connectivity index (χ0n) is 15.5. The molecule has 4 nitrogen and oxygen atoms in total. The fourth-order valence-electron chi connectivity index (χ4n) is 3.85. The molecule has 0 radical (unpaired) electrons. The van der Waals surface area contributed by atoms with Crippen LogP contribution in [0.4, 0.5) is 10.8 Å². The van der Waals surface area contributed by atoms with E-state index in [9.17, 15) is 4.79 Å². The molecule has 2 aliphatic rings. The highest BCUT2D eigenvalue weighted by molar-refractivity contribution is 7.17. The summed E-state index contributed by atoms with van der Waals surface area (Å²) >= 11 is 1.68. The summed E-state index contributed by atoms with van der Waals surface area (Å²) in [5, 5.41) is 4.02. The standard InChI is InChI=1S/C23H21N3OS/c27-22-18(17-11-5-6-12-19(17)24-22)15-20-21(16-9-3-1-4-10-16)25-23(28-20)26-13-7-2-8-14-26/h1,3-6,9-12,15H,2,7-8,13-14H2,(H,24,27)/b18-15-. The van der Waals surface area contributed by atoms with Gasteiger partial charge in [0.1, 0.15) is 0 Å². The number of hydrogen-bond acceptors (Lipinski definition) is 4. The number of piperidine rings is 1. The first kappa shape index (κ1) is 17.2. The molecule has 28 heavy (non-hydrogen) atoms. The molecule has 2 aliphatic heterocycles. The lowest BCUT2D eigenvalue weighted by atomic mass is 10.0. The van der Waals surface area contributed by atoms with Crippen molar-refractivity contribution >= 4 is 39.7 Å². The number of rotatable bonds is 3. The van der Waals surface area contributed by atoms with E-state index in [0.717, 1.165) is 45.6 Å². The smallest absolute Gasteiger partial charge is 0.256 e. The zero-order chi connectivity index (χ0) is 18.9. The highest BCUT2D eigenvalue weighted by atomic mass is 32.1. The molecule has 1 amide bonds. The molecular formula is C23H21N3OS. The van der Waals surface area contributed by atoms with Crippen molar-refractivity contribution in [3.05, 3.63) is 65.0 Å². The lowest BCUT2D eigenvalue weighted by molar-refractivity contribution is -0.110. The molecule has 1 N–H and O–H groups in total. The molecule has 5 rings (SSSR count). The van der Waals surface area contributed by atoms with Crippen molar-refractivity contribution in [3.8, 4) is 11.3 Å². The van der Waals surface area contributed by atoms with Gasteiger partial charge in [-0.3, -0.25) is 4.79 Å². The lowest BCUT2D eigenvalue weighted by Crippen LogP contribution is -2.29. The molecule has 0 spiro atoms. The Morgan fingerprint density at radius 3 is 2.54 bits per heavy atom. The Hall–Kier alpha value is -2.92. The minimum Gasteiger partial charge on any atom is -0.348 e. The van der Waals surface area contributed by atoms with E-state index in [1.807, 2.05) is 48.5 Å². The molecule has 1 fully saturated rings. The maximum absolute atomic E-state index is 12.6.